The topological polar surface area (TPSA) is 131 Å². The summed E-state index contributed by atoms with van der Waals surface area (Å²) in [5, 5.41) is 5.70. The highest BCUT2D eigenvalue weighted by atomic mass is 32.2. The zero-order valence-corrected chi connectivity index (χ0v) is 25.1. The number of hydrogen-bond acceptors (Lipinski definition) is 9. The first-order valence-electron chi connectivity index (χ1n) is 14.3. The lowest BCUT2D eigenvalue weighted by atomic mass is 10.1. The van der Waals surface area contributed by atoms with Crippen molar-refractivity contribution in [2.75, 3.05) is 19.2 Å². The number of para-hydroxylation sites is 1. The fraction of sp³-hybridized carbons (Fsp3) is 0.281. The molecule has 0 fully saturated rings. The van der Waals surface area contributed by atoms with E-state index in [0.717, 1.165) is 11.1 Å². The van der Waals surface area contributed by atoms with Crippen LogP contribution in [0.15, 0.2) is 76.7 Å². The molecule has 0 unspecified atom stereocenters. The summed E-state index contributed by atoms with van der Waals surface area (Å²) in [4.78, 5) is 50.7. The summed E-state index contributed by atoms with van der Waals surface area (Å²) in [6.07, 6.45) is 0.857. The van der Waals surface area contributed by atoms with Gasteiger partial charge in [-0.1, -0.05) is 43.0 Å². The van der Waals surface area contributed by atoms with Crippen LogP contribution in [0.25, 0.3) is 0 Å². The Labute approximate surface area is 258 Å². The maximum absolute atomic E-state index is 13.7. The summed E-state index contributed by atoms with van der Waals surface area (Å²) < 4.78 is 16.0. The van der Waals surface area contributed by atoms with Crippen LogP contribution in [0, 0.1) is 0 Å². The maximum atomic E-state index is 13.7. The molecule has 3 heterocycles. The number of carbonyl (C=O) groups is 3. The third-order valence-corrected chi connectivity index (χ3v) is 8.68. The van der Waals surface area contributed by atoms with Gasteiger partial charge >= 0.3 is 0 Å². The van der Waals surface area contributed by atoms with Gasteiger partial charge in [-0.05, 0) is 54.8 Å². The van der Waals surface area contributed by atoms with Gasteiger partial charge in [0.15, 0.2) is 16.7 Å². The molecule has 6 rings (SSSR count). The van der Waals surface area contributed by atoms with E-state index in [9.17, 15) is 14.4 Å². The summed E-state index contributed by atoms with van der Waals surface area (Å²) >= 11 is 1.22. The van der Waals surface area contributed by atoms with Crippen molar-refractivity contribution in [3.63, 3.8) is 0 Å². The number of nitrogens with zero attached hydrogens (tertiary/aromatic N) is 3. The molecule has 0 saturated heterocycles. The highest BCUT2D eigenvalue weighted by molar-refractivity contribution is 8.15. The number of carbonyl (C=O) groups excluding carboxylic acids is 3. The molecule has 0 radical (unpaired) electrons. The summed E-state index contributed by atoms with van der Waals surface area (Å²) in [5.74, 6) is 1.77. The third kappa shape index (κ3) is 6.11. The van der Waals surface area contributed by atoms with Crippen molar-refractivity contribution < 1.29 is 28.6 Å². The lowest BCUT2D eigenvalue weighted by Gasteiger charge is -2.27. The minimum absolute atomic E-state index is 0.118. The molecule has 44 heavy (non-hydrogen) atoms. The van der Waals surface area contributed by atoms with Gasteiger partial charge in [-0.3, -0.25) is 19.4 Å². The molecule has 0 bridgehead atoms. The lowest BCUT2D eigenvalue weighted by Crippen LogP contribution is -2.42. The van der Waals surface area contributed by atoms with E-state index in [0.29, 0.717) is 52.6 Å². The monoisotopic (exact) mass is 613 g/mol. The minimum atomic E-state index is -0.746. The summed E-state index contributed by atoms with van der Waals surface area (Å²) in [6.45, 7) is 2.42. The highest BCUT2D eigenvalue weighted by Crippen LogP contribution is 2.36. The third-order valence-electron chi connectivity index (χ3n) is 7.37. The van der Waals surface area contributed by atoms with Crippen molar-refractivity contribution in [3.8, 4) is 17.2 Å². The van der Waals surface area contributed by atoms with Gasteiger partial charge in [-0.25, -0.2) is 9.89 Å². The number of amides is 3. The van der Waals surface area contributed by atoms with Crippen LogP contribution < -0.4 is 24.8 Å². The molecule has 2 atom stereocenters. The molecular formula is C32H31N5O6S. The van der Waals surface area contributed by atoms with E-state index in [1.807, 2.05) is 49.4 Å². The summed E-state index contributed by atoms with van der Waals surface area (Å²) in [6, 6.07) is 19.4. The molecule has 0 aliphatic carbocycles. The molecule has 2 N–H and O–H groups in total. The van der Waals surface area contributed by atoms with Crippen molar-refractivity contribution in [2.24, 2.45) is 9.98 Å². The van der Waals surface area contributed by atoms with E-state index in [2.05, 4.69) is 10.6 Å². The maximum Gasteiger partial charge on any atom is 0.259 e. The fourth-order valence-corrected chi connectivity index (χ4v) is 6.07. The van der Waals surface area contributed by atoms with Crippen LogP contribution in [-0.2, 0) is 20.9 Å². The van der Waals surface area contributed by atoms with Gasteiger partial charge in [0.2, 0.25) is 18.6 Å². The second-order valence-corrected chi connectivity index (χ2v) is 11.5. The van der Waals surface area contributed by atoms with Crippen molar-refractivity contribution in [1.82, 2.24) is 10.2 Å². The Balaban J connectivity index is 1.13. The molecule has 3 aromatic rings. The number of amidine groups is 2. The van der Waals surface area contributed by atoms with Crippen molar-refractivity contribution >= 4 is 51.9 Å². The van der Waals surface area contributed by atoms with E-state index in [1.54, 1.807) is 31.4 Å². The molecule has 3 aliphatic heterocycles. The number of nitrogens with one attached hydrogen (secondary N) is 2. The largest absolute Gasteiger partial charge is 0.497 e. The number of thioether (sulfide) groups is 1. The van der Waals surface area contributed by atoms with Gasteiger partial charge < -0.3 is 24.8 Å². The highest BCUT2D eigenvalue weighted by Gasteiger charge is 2.42. The molecular weight excluding hydrogens is 582 g/mol. The lowest BCUT2D eigenvalue weighted by molar-refractivity contribution is -0.125. The van der Waals surface area contributed by atoms with Crippen LogP contribution in [-0.4, -0.2) is 58.8 Å². The Morgan fingerprint density at radius 1 is 1.09 bits per heavy atom. The number of rotatable bonds is 10. The van der Waals surface area contributed by atoms with E-state index in [1.165, 1.54) is 16.7 Å². The summed E-state index contributed by atoms with van der Waals surface area (Å²) in [5.41, 5.74) is 2.89. The standard InChI is InChI=1S/C32H31N5O6S/c1-3-27(30(39)34-20-7-6-8-21(16-20)41-2)44-32-36-23-10-5-4-9-22(23)29-35-24(31(40)37(29)32)12-14-28(38)33-17-19-11-13-25-26(15-19)43-18-42-25/h4-11,13,15-16,24,27H,3,12,14,17-18H2,1-2H3,(H,33,38)(H,34,39)/t24-,27+/m1/s1. The Morgan fingerprint density at radius 2 is 1.93 bits per heavy atom. The van der Waals surface area contributed by atoms with Crippen molar-refractivity contribution in [1.29, 1.82) is 0 Å². The predicted octanol–water partition coefficient (Wildman–Crippen LogP) is 4.63. The van der Waals surface area contributed by atoms with E-state index >= 15 is 0 Å². The first-order valence-corrected chi connectivity index (χ1v) is 15.2. The second kappa shape index (κ2) is 12.8. The van der Waals surface area contributed by atoms with E-state index in [4.69, 9.17) is 24.2 Å². The van der Waals surface area contributed by atoms with Crippen LogP contribution in [0.1, 0.15) is 37.3 Å². The van der Waals surface area contributed by atoms with Crippen LogP contribution in [0.2, 0.25) is 0 Å². The Bertz CT molecular complexity index is 1670. The molecule has 11 nitrogen and oxygen atoms in total. The number of ether oxygens (including phenoxy) is 3. The van der Waals surface area contributed by atoms with E-state index < -0.39 is 11.3 Å². The van der Waals surface area contributed by atoms with Gasteiger partial charge in [0.05, 0.1) is 18.0 Å². The van der Waals surface area contributed by atoms with E-state index in [-0.39, 0.29) is 37.4 Å². The molecule has 3 aromatic carbocycles. The molecule has 3 amide bonds. The minimum Gasteiger partial charge on any atom is -0.497 e. The van der Waals surface area contributed by atoms with Gasteiger partial charge in [-0.2, -0.15) is 0 Å². The fourth-order valence-electron chi connectivity index (χ4n) is 5.05. The molecule has 0 aromatic heterocycles. The molecule has 3 aliphatic rings. The Hall–Kier alpha value is -4.84. The first kappa shape index (κ1) is 29.2. The normalized spacial score (nSPS) is 16.8. The van der Waals surface area contributed by atoms with Crippen LogP contribution >= 0.6 is 11.8 Å². The number of methoxy groups -OCH3 is 1. The number of benzene rings is 3. The quantitative estimate of drug-likeness (QED) is 0.341. The van der Waals surface area contributed by atoms with Gasteiger partial charge in [-0.15, -0.1) is 0 Å². The zero-order valence-electron chi connectivity index (χ0n) is 24.2. The number of fused-ring (bicyclic) bond motifs is 4. The number of aliphatic imine (C=N–C) groups is 2. The second-order valence-electron chi connectivity index (χ2n) is 10.3. The molecule has 0 saturated carbocycles. The van der Waals surface area contributed by atoms with Gasteiger partial charge in [0.1, 0.15) is 17.6 Å². The van der Waals surface area contributed by atoms with Crippen molar-refractivity contribution in [2.45, 2.75) is 44.0 Å². The number of hydrogen-bond donors (Lipinski definition) is 2. The zero-order chi connectivity index (χ0) is 30.6. The summed E-state index contributed by atoms with van der Waals surface area (Å²) in [7, 11) is 1.57. The molecule has 226 valence electrons. The van der Waals surface area contributed by atoms with Gasteiger partial charge in [0, 0.05) is 30.3 Å². The van der Waals surface area contributed by atoms with Gasteiger partial charge in [0.25, 0.3) is 5.91 Å². The first-order chi connectivity index (χ1) is 21.4. The van der Waals surface area contributed by atoms with Crippen LogP contribution in [0.3, 0.4) is 0 Å². The smallest absolute Gasteiger partial charge is 0.259 e. The molecule has 0 spiro atoms. The van der Waals surface area contributed by atoms with Crippen molar-refractivity contribution in [3.05, 3.63) is 77.9 Å². The molecule has 12 heteroatoms. The average Bonchev–Trinajstić information content (AvgIpc) is 3.65. The number of anilines is 1. The Kier molecular flexibility index (Phi) is 8.51. The van der Waals surface area contributed by atoms with Crippen LogP contribution in [0.4, 0.5) is 11.4 Å². The average molecular weight is 614 g/mol. The van der Waals surface area contributed by atoms with Crippen LogP contribution in [0.5, 0.6) is 17.2 Å². The predicted molar refractivity (Wildman–Crippen MR) is 168 cm³/mol. The Morgan fingerprint density at radius 3 is 2.77 bits per heavy atom. The SMILES string of the molecule is CC[C@H](SC1=Nc2ccccc2C2=N[C@H](CCC(=O)NCc3ccc4c(c3)OCO4)C(=O)N12)C(=O)Nc1cccc(OC)c1.